The molecule has 0 atom stereocenters. The van der Waals surface area contributed by atoms with Crippen molar-refractivity contribution in [2.45, 2.75) is 19.4 Å². The maximum Gasteiger partial charge on any atom is 2.00 e. The van der Waals surface area contributed by atoms with E-state index in [1.165, 1.54) is 16.7 Å². The van der Waals surface area contributed by atoms with Gasteiger partial charge < -0.3 is 5.73 Å². The van der Waals surface area contributed by atoms with Gasteiger partial charge in [-0.2, -0.15) is 0 Å². The van der Waals surface area contributed by atoms with Gasteiger partial charge in [-0.05, 0) is 0 Å². The summed E-state index contributed by atoms with van der Waals surface area (Å²) in [6.45, 7) is 3.82. The van der Waals surface area contributed by atoms with Gasteiger partial charge in [-0.15, -0.1) is 35.2 Å². The molecule has 0 heterocycles. The number of benzene rings is 3. The quantitative estimate of drug-likeness (QED) is 0.420. The molecule has 0 bridgehead atoms. The van der Waals surface area contributed by atoms with Crippen LogP contribution in [0.2, 0.25) is 0 Å². The Morgan fingerprint density at radius 3 is 1.96 bits per heavy atom. The van der Waals surface area contributed by atoms with Gasteiger partial charge in [0.1, 0.15) is 0 Å². The predicted molar refractivity (Wildman–Crippen MR) is 107 cm³/mol. The minimum Gasteiger partial charge on any atom is -0.669 e. The number of hydrogen-bond donors (Lipinski definition) is 0. The fraction of sp³-hybridized carbons (Fsp3) is 0.125. The van der Waals surface area contributed by atoms with Crippen molar-refractivity contribution in [2.24, 2.45) is 0 Å². The van der Waals surface area contributed by atoms with Crippen LogP contribution >= 0.6 is 0 Å². The van der Waals surface area contributed by atoms with E-state index in [2.05, 4.69) is 73.2 Å². The Kier molecular flexibility index (Phi) is 7.00. The summed E-state index contributed by atoms with van der Waals surface area (Å²) in [5.74, 6) is 0. The van der Waals surface area contributed by atoms with Crippen molar-refractivity contribution >= 4 is 11.6 Å². The summed E-state index contributed by atoms with van der Waals surface area (Å²) in [5, 5.41) is 2.24. The van der Waals surface area contributed by atoms with E-state index in [1.807, 2.05) is 38.1 Å². The topological polar surface area (TPSA) is 23.8 Å². The van der Waals surface area contributed by atoms with E-state index in [0.717, 1.165) is 10.4 Å². The minimum atomic E-state index is -0.620. The second-order valence-corrected chi connectivity index (χ2v) is 6.79. The van der Waals surface area contributed by atoms with Gasteiger partial charge in [0, 0.05) is 0 Å². The molecule has 1 N–H and O–H groups in total. The van der Waals surface area contributed by atoms with Crippen LogP contribution in [-0.4, -0.2) is 5.54 Å². The van der Waals surface area contributed by atoms with Crippen molar-refractivity contribution < 1.29 is 20.4 Å². The SMILES string of the molecule is CC(C)([NH-])/C=c1/cccc/c1=C(/[CH-]c1ccccc1)c1ccccc1.[Pd+2]. The van der Waals surface area contributed by atoms with Gasteiger partial charge in [0.15, 0.2) is 0 Å². The molecule has 0 aliphatic carbocycles. The standard InChI is InChI=1S/C24H23N.Pd/c1-24(2,25)18-21-15-9-10-16-22(21)23(20-13-7-4-8-14-20)17-19-11-5-3-6-12-19;/h3-18,25H,1-2H3;/q-2;+2/b21-18-,23-22+;. The third-order valence-electron chi connectivity index (χ3n) is 3.96. The number of nitrogens with one attached hydrogen (secondary N) is 1. The van der Waals surface area contributed by atoms with E-state index in [1.54, 1.807) is 0 Å². The average Bonchev–Trinajstić information content (AvgIpc) is 2.61. The van der Waals surface area contributed by atoms with Gasteiger partial charge in [-0.3, -0.25) is 0 Å². The monoisotopic (exact) mass is 431 g/mol. The molecule has 3 rings (SSSR count). The van der Waals surface area contributed by atoms with Crippen LogP contribution in [0.15, 0.2) is 84.9 Å². The molecule has 2 heteroatoms. The van der Waals surface area contributed by atoms with Gasteiger partial charge in [0.25, 0.3) is 0 Å². The zero-order valence-corrected chi connectivity index (χ0v) is 16.6. The van der Waals surface area contributed by atoms with Crippen LogP contribution in [0.5, 0.6) is 0 Å². The molecule has 0 unspecified atom stereocenters. The Hall–Kier alpha value is -2.11. The molecule has 1 nitrogen and oxygen atoms in total. The first-order valence-electron chi connectivity index (χ1n) is 8.55. The maximum absolute atomic E-state index is 8.26. The Balaban J connectivity index is 0.00000243. The molecule has 3 aromatic carbocycles. The smallest absolute Gasteiger partial charge is 0.669 e. The first kappa shape index (κ1) is 20.2. The van der Waals surface area contributed by atoms with Gasteiger partial charge in [0.05, 0.1) is 0 Å². The van der Waals surface area contributed by atoms with Crippen molar-refractivity contribution in [1.82, 2.24) is 0 Å². The van der Waals surface area contributed by atoms with E-state index < -0.39 is 5.54 Å². The Bertz CT molecular complexity index is 939. The third kappa shape index (κ3) is 5.44. The van der Waals surface area contributed by atoms with Crippen LogP contribution in [0, 0.1) is 6.42 Å². The van der Waals surface area contributed by atoms with Crippen molar-refractivity contribution in [2.75, 3.05) is 0 Å². The van der Waals surface area contributed by atoms with Crippen molar-refractivity contribution in [3.8, 4) is 0 Å². The molecule has 0 amide bonds. The second-order valence-electron chi connectivity index (χ2n) is 6.79. The number of rotatable bonds is 4. The molecule has 0 aliphatic heterocycles. The molecule has 0 aromatic heterocycles. The maximum atomic E-state index is 8.26. The zero-order valence-electron chi connectivity index (χ0n) is 15.1. The van der Waals surface area contributed by atoms with E-state index in [-0.39, 0.29) is 20.4 Å². The normalized spacial score (nSPS) is 13.0. The molecule has 0 saturated carbocycles. The summed E-state index contributed by atoms with van der Waals surface area (Å²) in [6, 6.07) is 29.1. The van der Waals surface area contributed by atoms with Crippen LogP contribution < -0.4 is 10.4 Å². The molecule has 0 radical (unpaired) electrons. The first-order valence-corrected chi connectivity index (χ1v) is 8.55. The van der Waals surface area contributed by atoms with E-state index in [0.29, 0.717) is 0 Å². The van der Waals surface area contributed by atoms with Crippen molar-refractivity contribution in [3.63, 3.8) is 0 Å². The molecule has 0 saturated heterocycles. The van der Waals surface area contributed by atoms with Gasteiger partial charge in [-0.1, -0.05) is 109 Å². The van der Waals surface area contributed by atoms with Crippen molar-refractivity contribution in [1.29, 1.82) is 0 Å². The molecule has 26 heavy (non-hydrogen) atoms. The molecule has 0 aliphatic rings. The third-order valence-corrected chi connectivity index (χ3v) is 3.96. The van der Waals surface area contributed by atoms with Gasteiger partial charge in [0.2, 0.25) is 0 Å². The van der Waals surface area contributed by atoms with E-state index in [9.17, 15) is 0 Å². The summed E-state index contributed by atoms with van der Waals surface area (Å²) < 4.78 is 0. The van der Waals surface area contributed by atoms with Crippen LogP contribution in [0.4, 0.5) is 0 Å². The summed E-state index contributed by atoms with van der Waals surface area (Å²) in [5.41, 5.74) is 11.2. The van der Waals surface area contributed by atoms with Gasteiger partial charge >= 0.3 is 20.4 Å². The van der Waals surface area contributed by atoms with Gasteiger partial charge in [-0.25, -0.2) is 0 Å². The fourth-order valence-corrected chi connectivity index (χ4v) is 2.91. The summed E-state index contributed by atoms with van der Waals surface area (Å²) in [6.07, 6.45) is 4.24. The van der Waals surface area contributed by atoms with E-state index >= 15 is 0 Å². The Labute approximate surface area is 169 Å². The average molecular weight is 432 g/mol. The van der Waals surface area contributed by atoms with Crippen molar-refractivity contribution in [3.05, 3.63) is 119 Å². The largest absolute Gasteiger partial charge is 2.00 e. The molecule has 0 spiro atoms. The van der Waals surface area contributed by atoms with E-state index in [4.69, 9.17) is 5.73 Å². The summed E-state index contributed by atoms with van der Waals surface area (Å²) in [4.78, 5) is 0. The molecule has 134 valence electrons. The van der Waals surface area contributed by atoms with Crippen LogP contribution in [0.1, 0.15) is 25.0 Å². The molecular weight excluding hydrogens is 409 g/mol. The van der Waals surface area contributed by atoms with Crippen LogP contribution in [0.25, 0.3) is 17.4 Å². The zero-order chi connectivity index (χ0) is 17.7. The minimum absolute atomic E-state index is 0. The Morgan fingerprint density at radius 2 is 1.35 bits per heavy atom. The first-order chi connectivity index (χ1) is 12.0. The summed E-state index contributed by atoms with van der Waals surface area (Å²) in [7, 11) is 0. The van der Waals surface area contributed by atoms with Crippen LogP contribution in [0.3, 0.4) is 0 Å². The number of hydrogen-bond acceptors (Lipinski definition) is 0. The predicted octanol–water partition coefficient (Wildman–Crippen LogP) is 4.75. The second kappa shape index (κ2) is 9.01. The van der Waals surface area contributed by atoms with Crippen LogP contribution in [-0.2, 0) is 20.4 Å². The molecule has 3 aromatic rings. The Morgan fingerprint density at radius 1 is 0.808 bits per heavy atom. The summed E-state index contributed by atoms with van der Waals surface area (Å²) >= 11 is 0. The molecular formula is C24H23NPd. The molecule has 0 fully saturated rings. The fourth-order valence-electron chi connectivity index (χ4n) is 2.91.